The summed E-state index contributed by atoms with van der Waals surface area (Å²) >= 11 is 0. The van der Waals surface area contributed by atoms with Gasteiger partial charge in [0.25, 0.3) is 0 Å². The predicted molar refractivity (Wildman–Crippen MR) is 219 cm³/mol. The number of nitrogens with zero attached hydrogens (tertiary/aromatic N) is 1. The highest BCUT2D eigenvalue weighted by atomic mass is 31.1. The Morgan fingerprint density at radius 3 is 1.24 bits per heavy atom. The van der Waals surface area contributed by atoms with Crippen molar-refractivity contribution in [2.75, 3.05) is 14.1 Å². The highest BCUT2D eigenvalue weighted by Gasteiger charge is 2.36. The fourth-order valence-electron chi connectivity index (χ4n) is 7.90. The number of benzene rings is 5. The average molecular weight is 680 g/mol. The molecule has 6 rings (SSSR count). The Morgan fingerprint density at radius 1 is 0.490 bits per heavy atom. The molecule has 2 atom stereocenters. The van der Waals surface area contributed by atoms with Gasteiger partial charge in [-0.15, -0.1) is 0 Å². The van der Waals surface area contributed by atoms with Gasteiger partial charge in [-0.25, -0.2) is 0 Å². The predicted octanol–water partition coefficient (Wildman–Crippen LogP) is 9.72. The van der Waals surface area contributed by atoms with Crippen molar-refractivity contribution in [1.82, 2.24) is 4.90 Å². The molecule has 0 aromatic heterocycles. The maximum absolute atomic E-state index is 2.48. The zero-order valence-electron chi connectivity index (χ0n) is 31.0. The first kappa shape index (κ1) is 35.2. The molecular formula is C46H51NP2. The fourth-order valence-corrected chi connectivity index (χ4v) is 13.8. The van der Waals surface area contributed by atoms with E-state index >= 15 is 0 Å². The maximum atomic E-state index is 2.48. The van der Waals surface area contributed by atoms with Crippen LogP contribution in [0, 0.1) is 61.3 Å². The van der Waals surface area contributed by atoms with Gasteiger partial charge < -0.3 is 4.90 Å². The summed E-state index contributed by atoms with van der Waals surface area (Å²) in [6, 6.07) is 38.2. The lowest BCUT2D eigenvalue weighted by Gasteiger charge is -2.37. The first-order valence-corrected chi connectivity index (χ1v) is 20.1. The van der Waals surface area contributed by atoms with Crippen LogP contribution in [0.25, 0.3) is 0 Å². The molecule has 5 aromatic carbocycles. The first-order chi connectivity index (χ1) is 23.4. The van der Waals surface area contributed by atoms with Crippen LogP contribution in [0.2, 0.25) is 0 Å². The molecule has 5 aromatic rings. The third-order valence-electron chi connectivity index (χ3n) is 9.44. The minimum atomic E-state index is -0.803. The minimum absolute atomic E-state index is 0.171. The molecule has 1 aliphatic rings. The van der Waals surface area contributed by atoms with Crippen molar-refractivity contribution in [3.05, 3.63) is 171 Å². The second-order valence-corrected chi connectivity index (χ2v) is 18.9. The lowest BCUT2D eigenvalue weighted by atomic mass is 9.93. The van der Waals surface area contributed by atoms with Crippen LogP contribution in [0.15, 0.2) is 121 Å². The van der Waals surface area contributed by atoms with E-state index in [1.54, 1.807) is 0 Å². The summed E-state index contributed by atoms with van der Waals surface area (Å²) in [6.07, 6.45) is 7.26. The number of hydrogen-bond donors (Lipinski definition) is 0. The molecule has 1 aliphatic carbocycles. The highest BCUT2D eigenvalue weighted by Crippen LogP contribution is 2.54. The normalized spacial score (nSPS) is 15.0. The van der Waals surface area contributed by atoms with E-state index in [1.807, 2.05) is 0 Å². The third-order valence-corrected chi connectivity index (χ3v) is 14.4. The molecule has 0 N–H and O–H groups in total. The Bertz CT molecular complexity index is 1880. The second kappa shape index (κ2) is 14.7. The van der Waals surface area contributed by atoms with Crippen molar-refractivity contribution in [3.63, 3.8) is 0 Å². The van der Waals surface area contributed by atoms with Crippen molar-refractivity contribution in [1.29, 1.82) is 0 Å². The molecule has 0 fully saturated rings. The summed E-state index contributed by atoms with van der Waals surface area (Å²) in [7, 11) is 2.99. The molecule has 0 saturated carbocycles. The Labute approximate surface area is 298 Å². The van der Waals surface area contributed by atoms with Crippen molar-refractivity contribution < 1.29 is 0 Å². The Kier molecular flexibility index (Phi) is 10.6. The summed E-state index contributed by atoms with van der Waals surface area (Å²) in [5, 5.41) is 8.71. The van der Waals surface area contributed by atoms with Crippen molar-refractivity contribution in [2.45, 2.75) is 61.4 Å². The van der Waals surface area contributed by atoms with E-state index in [1.165, 1.54) is 81.9 Å². The molecule has 0 saturated heterocycles. The van der Waals surface area contributed by atoms with Gasteiger partial charge >= 0.3 is 0 Å². The van der Waals surface area contributed by atoms with Crippen LogP contribution in [-0.2, 0) is 0 Å². The monoisotopic (exact) mass is 679 g/mol. The zero-order valence-corrected chi connectivity index (χ0v) is 32.8. The van der Waals surface area contributed by atoms with Gasteiger partial charge in [-0.3, -0.25) is 0 Å². The number of hydrogen-bond acceptors (Lipinski definition) is 1. The van der Waals surface area contributed by atoms with E-state index in [4.69, 9.17) is 0 Å². The molecule has 0 spiro atoms. The molecular weight excluding hydrogens is 628 g/mol. The van der Waals surface area contributed by atoms with Crippen LogP contribution >= 0.6 is 15.8 Å². The molecule has 1 nitrogen and oxygen atoms in total. The molecule has 0 bridgehead atoms. The van der Waals surface area contributed by atoms with Crippen molar-refractivity contribution in [2.24, 2.45) is 5.92 Å². The topological polar surface area (TPSA) is 3.24 Å². The van der Waals surface area contributed by atoms with Gasteiger partial charge in [-0.05, 0) is 123 Å². The third kappa shape index (κ3) is 7.76. The largest absolute Gasteiger partial charge is 0.301 e. The highest BCUT2D eigenvalue weighted by molar-refractivity contribution is 7.80. The summed E-state index contributed by atoms with van der Waals surface area (Å²) < 4.78 is 0. The Hall–Kier alpha value is -3.60. The van der Waals surface area contributed by atoms with Gasteiger partial charge in [0.2, 0.25) is 0 Å². The average Bonchev–Trinajstić information content (AvgIpc) is 3.45. The van der Waals surface area contributed by atoms with Gasteiger partial charge in [0.05, 0.1) is 0 Å². The standard InChI is InChI=1S/C46H51NP2/c1-30-18-31(2)23-38(22-30)48(39-24-32(3)19-33(4)25-39)44-16-12-11-14-42(44)46(47(9)10)43-15-13-17-45(43)49(40-26-34(5)20-35(6)27-40)41-28-36(7)21-37(8)29-41/h11-29,43,46H,1-10H3/t43?,46-/m1/s1. The second-order valence-electron chi connectivity index (χ2n) is 14.5. The van der Waals surface area contributed by atoms with Gasteiger partial charge in [0.1, 0.15) is 0 Å². The zero-order chi connectivity index (χ0) is 35.0. The SMILES string of the molecule is Cc1cc(C)cc(P(C2=CC=CC2[C@@H](c2ccccc2P(c2cc(C)cc(C)c2)c2cc(C)cc(C)c2)N(C)C)c2cc(C)cc(C)c2)c1. The van der Waals surface area contributed by atoms with Crippen LogP contribution in [0.1, 0.15) is 56.1 Å². The summed E-state index contributed by atoms with van der Waals surface area (Å²) in [6.45, 7) is 17.9. The van der Waals surface area contributed by atoms with E-state index in [-0.39, 0.29) is 12.0 Å². The molecule has 0 amide bonds. The lowest BCUT2D eigenvalue weighted by Crippen LogP contribution is -2.34. The number of allylic oxidation sites excluding steroid dienone is 2. The molecule has 3 heteroatoms. The van der Waals surface area contributed by atoms with E-state index in [2.05, 4.69) is 190 Å². The lowest BCUT2D eigenvalue weighted by molar-refractivity contribution is 0.266. The Morgan fingerprint density at radius 2 is 0.857 bits per heavy atom. The fraction of sp³-hybridized carbons (Fsp3) is 0.261. The van der Waals surface area contributed by atoms with E-state index < -0.39 is 15.8 Å². The quantitative estimate of drug-likeness (QED) is 0.140. The van der Waals surface area contributed by atoms with Gasteiger partial charge in [-0.1, -0.05) is 160 Å². The van der Waals surface area contributed by atoms with Gasteiger partial charge in [-0.2, -0.15) is 0 Å². The van der Waals surface area contributed by atoms with Crippen LogP contribution < -0.4 is 26.5 Å². The number of aryl methyl sites for hydroxylation is 8. The Balaban J connectivity index is 1.55. The van der Waals surface area contributed by atoms with Crippen LogP contribution in [0.3, 0.4) is 0 Å². The maximum Gasteiger partial charge on any atom is 0.0452 e. The van der Waals surface area contributed by atoms with Crippen LogP contribution in [0.5, 0.6) is 0 Å². The molecule has 0 heterocycles. The van der Waals surface area contributed by atoms with Crippen molar-refractivity contribution >= 4 is 42.4 Å². The van der Waals surface area contributed by atoms with Crippen molar-refractivity contribution in [3.8, 4) is 0 Å². The van der Waals surface area contributed by atoms with Gasteiger partial charge in [0, 0.05) is 12.0 Å². The minimum Gasteiger partial charge on any atom is -0.301 e. The van der Waals surface area contributed by atoms with E-state index in [9.17, 15) is 0 Å². The molecule has 250 valence electrons. The smallest absolute Gasteiger partial charge is 0.0452 e. The molecule has 0 aliphatic heterocycles. The van der Waals surface area contributed by atoms with E-state index in [0.29, 0.717) is 0 Å². The summed E-state index contributed by atoms with van der Waals surface area (Å²) in [4.78, 5) is 2.47. The summed E-state index contributed by atoms with van der Waals surface area (Å²) in [5.41, 5.74) is 12.0. The van der Waals surface area contributed by atoms with Crippen LogP contribution in [0.4, 0.5) is 0 Å². The molecule has 0 radical (unpaired) electrons. The summed E-state index contributed by atoms with van der Waals surface area (Å²) in [5.74, 6) is 0.235. The molecule has 49 heavy (non-hydrogen) atoms. The first-order valence-electron chi connectivity index (χ1n) is 17.4. The van der Waals surface area contributed by atoms with Crippen LogP contribution in [-0.4, -0.2) is 19.0 Å². The van der Waals surface area contributed by atoms with Gasteiger partial charge in [0.15, 0.2) is 0 Å². The number of rotatable bonds is 9. The molecule has 1 unspecified atom stereocenters. The van der Waals surface area contributed by atoms with E-state index in [0.717, 1.165) is 0 Å².